The zero-order valence-electron chi connectivity index (χ0n) is 17.2. The van der Waals surface area contributed by atoms with E-state index < -0.39 is 0 Å². The third-order valence-electron chi connectivity index (χ3n) is 4.84. The van der Waals surface area contributed by atoms with Crippen LogP contribution >= 0.6 is 0 Å². The fraction of sp³-hybridized carbons (Fsp3) is 0.909. The molecule has 0 aliphatic rings. The van der Waals surface area contributed by atoms with E-state index in [4.69, 9.17) is 11.5 Å². The third-order valence-corrected chi connectivity index (χ3v) is 4.84. The van der Waals surface area contributed by atoms with E-state index in [1.807, 2.05) is 0 Å². The largest absolute Gasteiger partial charge is 0.330 e. The number of nitrogens with two attached hydrogens (primary N) is 2. The van der Waals surface area contributed by atoms with Crippen molar-refractivity contribution in [2.45, 2.75) is 96.8 Å². The maximum absolute atomic E-state index is 5.63. The van der Waals surface area contributed by atoms with Crippen LogP contribution in [0.2, 0.25) is 0 Å². The molecule has 3 nitrogen and oxygen atoms in total. The van der Waals surface area contributed by atoms with Crippen LogP contribution in [0, 0.1) is 0 Å². The highest BCUT2D eigenvalue weighted by atomic mass is 15.1. The molecule has 0 saturated carbocycles. The lowest BCUT2D eigenvalue weighted by Gasteiger charge is -2.21. The van der Waals surface area contributed by atoms with Crippen molar-refractivity contribution < 1.29 is 0 Å². The van der Waals surface area contributed by atoms with Gasteiger partial charge in [0.1, 0.15) is 0 Å². The Morgan fingerprint density at radius 3 is 1.52 bits per heavy atom. The molecule has 0 radical (unpaired) electrons. The molecule has 0 spiro atoms. The predicted octanol–water partition coefficient (Wildman–Crippen LogP) is 5.24. The average molecular weight is 354 g/mol. The highest BCUT2D eigenvalue weighted by Crippen LogP contribution is 2.10. The molecule has 3 heteroatoms. The molecule has 0 heterocycles. The first-order chi connectivity index (χ1) is 12.3. The van der Waals surface area contributed by atoms with Gasteiger partial charge in [-0.15, -0.1) is 0 Å². The fourth-order valence-electron chi connectivity index (χ4n) is 3.19. The van der Waals surface area contributed by atoms with E-state index in [1.165, 1.54) is 83.6 Å². The maximum Gasteiger partial charge on any atom is -0.000671 e. The summed E-state index contributed by atoms with van der Waals surface area (Å²) >= 11 is 0. The van der Waals surface area contributed by atoms with Crippen LogP contribution in [0.3, 0.4) is 0 Å². The molecule has 0 aliphatic heterocycles. The second-order valence-corrected chi connectivity index (χ2v) is 7.36. The molecule has 0 bridgehead atoms. The smallest absolute Gasteiger partial charge is 0.000671 e. The molecule has 0 aromatic carbocycles. The number of hydrogen-bond donors (Lipinski definition) is 2. The number of hydrogen-bond acceptors (Lipinski definition) is 3. The molecule has 0 rings (SSSR count). The van der Waals surface area contributed by atoms with Gasteiger partial charge in [0.05, 0.1) is 0 Å². The van der Waals surface area contributed by atoms with Crippen molar-refractivity contribution >= 4 is 0 Å². The fourth-order valence-corrected chi connectivity index (χ4v) is 3.19. The van der Waals surface area contributed by atoms with Gasteiger partial charge in [0.25, 0.3) is 0 Å². The lowest BCUT2D eigenvalue weighted by atomic mass is 10.1. The van der Waals surface area contributed by atoms with E-state index in [9.17, 15) is 0 Å². The van der Waals surface area contributed by atoms with Gasteiger partial charge in [0.2, 0.25) is 0 Å². The Balaban J connectivity index is 3.40. The molecule has 0 aromatic rings. The van der Waals surface area contributed by atoms with Gasteiger partial charge in [-0.1, -0.05) is 64.0 Å². The molecule has 0 saturated heterocycles. The normalized spacial score (nSPS) is 11.8. The second-order valence-electron chi connectivity index (χ2n) is 7.36. The highest BCUT2D eigenvalue weighted by molar-refractivity contribution is 4.81. The minimum atomic E-state index is 0.792. The average Bonchev–Trinajstić information content (AvgIpc) is 2.63. The van der Waals surface area contributed by atoms with Gasteiger partial charge in [0, 0.05) is 0 Å². The van der Waals surface area contributed by atoms with Crippen LogP contribution in [-0.4, -0.2) is 37.6 Å². The summed E-state index contributed by atoms with van der Waals surface area (Å²) in [5.41, 5.74) is 11.3. The molecule has 0 aromatic heterocycles. The molecule has 0 atom stereocenters. The summed E-state index contributed by atoms with van der Waals surface area (Å²) in [5.74, 6) is 0. The Morgan fingerprint density at radius 1 is 0.560 bits per heavy atom. The molecule has 0 amide bonds. The standard InChI is InChI=1S/C22H47N3/c1-2-3-4-5-6-7-8-9-10-11-12-13-14-15-20-25(21-16-18-23)22-17-19-24/h11-12H,2-10,13-24H2,1H3/b12-11+. The van der Waals surface area contributed by atoms with Crippen LogP contribution in [0.1, 0.15) is 96.8 Å². The number of allylic oxidation sites excluding steroid dienone is 2. The van der Waals surface area contributed by atoms with Crippen molar-refractivity contribution in [2.24, 2.45) is 11.5 Å². The first-order valence-corrected chi connectivity index (χ1v) is 11.1. The zero-order chi connectivity index (χ0) is 18.4. The first kappa shape index (κ1) is 24.6. The quantitative estimate of drug-likeness (QED) is 0.232. The van der Waals surface area contributed by atoms with E-state index in [-0.39, 0.29) is 0 Å². The molecule has 150 valence electrons. The topological polar surface area (TPSA) is 55.3 Å². The number of unbranched alkanes of at least 4 members (excludes halogenated alkanes) is 10. The molecular formula is C22H47N3. The Bertz CT molecular complexity index is 258. The third kappa shape index (κ3) is 19.8. The Labute approximate surface area is 158 Å². The lowest BCUT2D eigenvalue weighted by Crippen LogP contribution is -2.29. The molecule has 0 aliphatic carbocycles. The van der Waals surface area contributed by atoms with Crippen molar-refractivity contribution in [3.63, 3.8) is 0 Å². The van der Waals surface area contributed by atoms with E-state index in [1.54, 1.807) is 0 Å². The van der Waals surface area contributed by atoms with Crippen molar-refractivity contribution in [3.8, 4) is 0 Å². The van der Waals surface area contributed by atoms with Crippen LogP contribution in [0.5, 0.6) is 0 Å². The highest BCUT2D eigenvalue weighted by Gasteiger charge is 2.02. The second kappa shape index (κ2) is 21.7. The van der Waals surface area contributed by atoms with E-state index in [0.717, 1.165) is 39.0 Å². The summed E-state index contributed by atoms with van der Waals surface area (Å²) in [5, 5.41) is 0. The number of nitrogens with zero attached hydrogens (tertiary/aromatic N) is 1. The SMILES string of the molecule is CCCCCCCCCC/C=C/CCCCN(CCCN)CCCN. The molecule has 4 N–H and O–H groups in total. The minimum absolute atomic E-state index is 0.792. The van der Waals surface area contributed by atoms with Gasteiger partial charge in [-0.25, -0.2) is 0 Å². The monoisotopic (exact) mass is 353 g/mol. The molecule has 0 fully saturated rings. The van der Waals surface area contributed by atoms with Gasteiger partial charge in [-0.05, 0) is 77.7 Å². The summed E-state index contributed by atoms with van der Waals surface area (Å²) in [6, 6.07) is 0. The van der Waals surface area contributed by atoms with Crippen LogP contribution in [0.25, 0.3) is 0 Å². The van der Waals surface area contributed by atoms with Gasteiger partial charge >= 0.3 is 0 Å². The predicted molar refractivity (Wildman–Crippen MR) is 114 cm³/mol. The number of rotatable bonds is 20. The zero-order valence-corrected chi connectivity index (χ0v) is 17.2. The molecular weight excluding hydrogens is 306 g/mol. The Morgan fingerprint density at radius 2 is 1.00 bits per heavy atom. The van der Waals surface area contributed by atoms with Crippen LogP contribution in [0.4, 0.5) is 0 Å². The minimum Gasteiger partial charge on any atom is -0.330 e. The van der Waals surface area contributed by atoms with Crippen LogP contribution in [0.15, 0.2) is 12.2 Å². The Kier molecular flexibility index (Phi) is 21.3. The van der Waals surface area contributed by atoms with E-state index in [2.05, 4.69) is 24.0 Å². The van der Waals surface area contributed by atoms with Gasteiger partial charge in [-0.3, -0.25) is 0 Å². The van der Waals surface area contributed by atoms with Crippen molar-refractivity contribution in [2.75, 3.05) is 32.7 Å². The van der Waals surface area contributed by atoms with Crippen LogP contribution in [-0.2, 0) is 0 Å². The van der Waals surface area contributed by atoms with Crippen molar-refractivity contribution in [3.05, 3.63) is 12.2 Å². The van der Waals surface area contributed by atoms with E-state index >= 15 is 0 Å². The van der Waals surface area contributed by atoms with Gasteiger partial charge in [-0.2, -0.15) is 0 Å². The van der Waals surface area contributed by atoms with Gasteiger partial charge < -0.3 is 16.4 Å². The summed E-state index contributed by atoms with van der Waals surface area (Å²) in [6.07, 6.45) is 23.4. The summed E-state index contributed by atoms with van der Waals surface area (Å²) in [6.45, 7) is 7.33. The summed E-state index contributed by atoms with van der Waals surface area (Å²) in [7, 11) is 0. The summed E-state index contributed by atoms with van der Waals surface area (Å²) < 4.78 is 0. The molecule has 25 heavy (non-hydrogen) atoms. The lowest BCUT2D eigenvalue weighted by molar-refractivity contribution is 0.265. The van der Waals surface area contributed by atoms with Crippen LogP contribution < -0.4 is 11.5 Å². The maximum atomic E-state index is 5.63. The molecule has 0 unspecified atom stereocenters. The first-order valence-electron chi connectivity index (χ1n) is 11.1. The van der Waals surface area contributed by atoms with E-state index in [0.29, 0.717) is 0 Å². The summed E-state index contributed by atoms with van der Waals surface area (Å²) in [4.78, 5) is 2.53. The van der Waals surface area contributed by atoms with Crippen molar-refractivity contribution in [1.82, 2.24) is 4.90 Å². The Hall–Kier alpha value is -0.380. The van der Waals surface area contributed by atoms with Gasteiger partial charge in [0.15, 0.2) is 0 Å². The van der Waals surface area contributed by atoms with Crippen molar-refractivity contribution in [1.29, 1.82) is 0 Å².